The number of ketones is 1. The number of benzene rings is 2. The molecule has 0 fully saturated rings. The number of rotatable bonds is 3. The average Bonchev–Trinajstić information content (AvgIpc) is 2.84. The summed E-state index contributed by atoms with van der Waals surface area (Å²) in [6.07, 6.45) is 0. The number of aromatic nitrogens is 1. The van der Waals surface area contributed by atoms with Gasteiger partial charge in [0.1, 0.15) is 0 Å². The number of fused-ring (bicyclic) bond motifs is 1. The van der Waals surface area contributed by atoms with Gasteiger partial charge in [-0.3, -0.25) is 4.79 Å². The minimum absolute atomic E-state index is 0.150. The fraction of sp³-hybridized carbons (Fsp3) is 0.125. The normalized spacial score (nSPS) is 10.8. The quantitative estimate of drug-likeness (QED) is 0.527. The summed E-state index contributed by atoms with van der Waals surface area (Å²) in [6, 6.07) is 14.0. The van der Waals surface area contributed by atoms with E-state index in [-0.39, 0.29) is 5.78 Å². The van der Waals surface area contributed by atoms with Crippen molar-refractivity contribution in [2.24, 2.45) is 0 Å². The Morgan fingerprint density at radius 3 is 2.68 bits per heavy atom. The standard InChI is InChI=1S/C16H14NOS/c1-12-10-19-11-17(12)9-16(18)15-7-6-13-4-2-3-5-14(13)8-15/h2-8,10-11H,9H2,1H3/q+1. The zero-order valence-electron chi connectivity index (χ0n) is 10.7. The summed E-state index contributed by atoms with van der Waals surface area (Å²) in [4.78, 5) is 12.3. The Labute approximate surface area is 115 Å². The molecule has 19 heavy (non-hydrogen) atoms. The lowest BCUT2D eigenvalue weighted by Crippen LogP contribution is -2.38. The summed E-state index contributed by atoms with van der Waals surface area (Å²) in [5, 5.41) is 4.33. The van der Waals surface area contributed by atoms with Crippen molar-refractivity contribution in [1.82, 2.24) is 0 Å². The molecule has 0 amide bonds. The number of hydrogen-bond donors (Lipinski definition) is 0. The zero-order valence-corrected chi connectivity index (χ0v) is 11.5. The largest absolute Gasteiger partial charge is 0.287 e. The van der Waals surface area contributed by atoms with Gasteiger partial charge in [0.05, 0.1) is 5.38 Å². The zero-order chi connectivity index (χ0) is 13.2. The van der Waals surface area contributed by atoms with Crippen LogP contribution in [0.4, 0.5) is 0 Å². The Morgan fingerprint density at radius 1 is 1.16 bits per heavy atom. The van der Waals surface area contributed by atoms with Gasteiger partial charge in [-0.15, -0.1) is 0 Å². The van der Waals surface area contributed by atoms with E-state index in [2.05, 4.69) is 6.07 Å². The smallest absolute Gasteiger partial charge is 0.227 e. The van der Waals surface area contributed by atoms with Crippen LogP contribution in [0.25, 0.3) is 10.8 Å². The van der Waals surface area contributed by atoms with Crippen molar-refractivity contribution in [2.75, 3.05) is 0 Å². The van der Waals surface area contributed by atoms with Crippen molar-refractivity contribution >= 4 is 27.9 Å². The van der Waals surface area contributed by atoms with Crippen LogP contribution in [0.1, 0.15) is 16.1 Å². The van der Waals surface area contributed by atoms with Crippen LogP contribution in [0.5, 0.6) is 0 Å². The fourth-order valence-corrected chi connectivity index (χ4v) is 2.90. The van der Waals surface area contributed by atoms with E-state index in [1.54, 1.807) is 11.3 Å². The number of carbonyl (C=O) groups is 1. The molecule has 1 heterocycles. The van der Waals surface area contributed by atoms with E-state index in [1.807, 2.05) is 58.8 Å². The van der Waals surface area contributed by atoms with Crippen LogP contribution >= 0.6 is 11.3 Å². The molecule has 3 aromatic rings. The molecule has 0 unspecified atom stereocenters. The number of Topliss-reactive ketones (excluding diaryl/α,β-unsaturated/α-hetero) is 1. The molecule has 3 rings (SSSR count). The third-order valence-corrected chi connectivity index (χ3v) is 4.12. The fourth-order valence-electron chi connectivity index (χ4n) is 2.12. The minimum Gasteiger partial charge on any atom is -0.287 e. The van der Waals surface area contributed by atoms with Crippen molar-refractivity contribution in [2.45, 2.75) is 13.5 Å². The molecule has 94 valence electrons. The summed E-state index contributed by atoms with van der Waals surface area (Å²) < 4.78 is 1.99. The molecule has 0 aliphatic heterocycles. The van der Waals surface area contributed by atoms with Crippen LogP contribution in [0, 0.1) is 6.92 Å². The lowest BCUT2D eigenvalue weighted by atomic mass is 10.0. The van der Waals surface area contributed by atoms with Crippen molar-refractivity contribution < 1.29 is 9.36 Å². The van der Waals surface area contributed by atoms with Crippen LogP contribution < -0.4 is 4.57 Å². The monoisotopic (exact) mass is 268 g/mol. The highest BCUT2D eigenvalue weighted by atomic mass is 32.1. The van der Waals surface area contributed by atoms with Gasteiger partial charge in [-0.1, -0.05) is 47.7 Å². The molecule has 2 aromatic carbocycles. The van der Waals surface area contributed by atoms with Gasteiger partial charge in [0.2, 0.25) is 17.8 Å². The molecule has 0 aliphatic rings. The van der Waals surface area contributed by atoms with Crippen molar-refractivity contribution in [3.8, 4) is 0 Å². The van der Waals surface area contributed by atoms with Gasteiger partial charge >= 0.3 is 0 Å². The van der Waals surface area contributed by atoms with Crippen LogP contribution in [0.15, 0.2) is 53.4 Å². The van der Waals surface area contributed by atoms with Crippen molar-refractivity contribution in [3.63, 3.8) is 0 Å². The molecule has 0 radical (unpaired) electrons. The van der Waals surface area contributed by atoms with E-state index < -0.39 is 0 Å². The second kappa shape index (κ2) is 4.94. The molecule has 2 nitrogen and oxygen atoms in total. The summed E-state index contributed by atoms with van der Waals surface area (Å²) in [6.45, 7) is 2.43. The van der Waals surface area contributed by atoms with E-state index in [9.17, 15) is 4.79 Å². The molecule has 0 spiro atoms. The summed E-state index contributed by atoms with van der Waals surface area (Å²) in [5.74, 6) is 0.150. The highest BCUT2D eigenvalue weighted by molar-refractivity contribution is 7.07. The Balaban J connectivity index is 1.91. The molecule has 0 atom stereocenters. The van der Waals surface area contributed by atoms with E-state index in [4.69, 9.17) is 0 Å². The van der Waals surface area contributed by atoms with E-state index in [1.165, 1.54) is 5.39 Å². The van der Waals surface area contributed by atoms with Crippen LogP contribution in [0.3, 0.4) is 0 Å². The Bertz CT molecular complexity index is 745. The third kappa shape index (κ3) is 2.42. The SMILES string of the molecule is Cc1csc[n+]1CC(=O)c1ccc2ccccc2c1. The molecular weight excluding hydrogens is 254 g/mol. The summed E-state index contributed by atoms with van der Waals surface area (Å²) in [7, 11) is 0. The lowest BCUT2D eigenvalue weighted by Gasteiger charge is -2.01. The second-order valence-corrected chi connectivity index (χ2v) is 5.33. The first-order chi connectivity index (χ1) is 9.24. The van der Waals surface area contributed by atoms with Gasteiger partial charge in [0.25, 0.3) is 0 Å². The second-order valence-electron chi connectivity index (χ2n) is 4.61. The van der Waals surface area contributed by atoms with E-state index >= 15 is 0 Å². The Hall–Kier alpha value is -2.00. The van der Waals surface area contributed by atoms with Crippen LogP contribution in [0.2, 0.25) is 0 Å². The summed E-state index contributed by atoms with van der Waals surface area (Å²) >= 11 is 1.62. The van der Waals surface area contributed by atoms with Crippen molar-refractivity contribution in [1.29, 1.82) is 0 Å². The van der Waals surface area contributed by atoms with Gasteiger partial charge in [0.15, 0.2) is 5.69 Å². The maximum Gasteiger partial charge on any atom is 0.227 e. The van der Waals surface area contributed by atoms with Crippen molar-refractivity contribution in [3.05, 3.63) is 64.6 Å². The average molecular weight is 268 g/mol. The number of thiazole rings is 1. The van der Waals surface area contributed by atoms with Gasteiger partial charge in [-0.25, -0.2) is 0 Å². The predicted octanol–water partition coefficient (Wildman–Crippen LogP) is 3.38. The van der Waals surface area contributed by atoms with E-state index in [0.717, 1.165) is 16.6 Å². The first-order valence-electron chi connectivity index (χ1n) is 6.18. The minimum atomic E-state index is 0.150. The topological polar surface area (TPSA) is 20.9 Å². The molecule has 1 aromatic heterocycles. The molecule has 3 heteroatoms. The summed E-state index contributed by atoms with van der Waals surface area (Å²) in [5.41, 5.74) is 3.88. The highest BCUT2D eigenvalue weighted by Gasteiger charge is 2.15. The lowest BCUT2D eigenvalue weighted by molar-refractivity contribution is -0.684. The first-order valence-corrected chi connectivity index (χ1v) is 7.12. The molecule has 0 N–H and O–H groups in total. The van der Waals surface area contributed by atoms with Gasteiger partial charge in [0, 0.05) is 12.5 Å². The van der Waals surface area contributed by atoms with Gasteiger partial charge in [-0.05, 0) is 16.8 Å². The highest BCUT2D eigenvalue weighted by Crippen LogP contribution is 2.16. The maximum atomic E-state index is 12.3. The number of nitrogens with zero attached hydrogens (tertiary/aromatic N) is 1. The molecule has 0 saturated heterocycles. The van der Waals surface area contributed by atoms with Gasteiger partial charge < -0.3 is 0 Å². The van der Waals surface area contributed by atoms with Crippen LogP contribution in [-0.2, 0) is 6.54 Å². The molecule has 0 aliphatic carbocycles. The first kappa shape index (κ1) is 12.1. The maximum absolute atomic E-state index is 12.3. The molecule has 0 saturated carbocycles. The Morgan fingerprint density at radius 2 is 1.95 bits per heavy atom. The predicted molar refractivity (Wildman–Crippen MR) is 77.5 cm³/mol. The molecule has 0 bridgehead atoms. The third-order valence-electron chi connectivity index (χ3n) is 3.27. The number of hydrogen-bond acceptors (Lipinski definition) is 2. The number of carbonyl (C=O) groups excluding carboxylic acids is 1. The van der Waals surface area contributed by atoms with Gasteiger partial charge in [-0.2, -0.15) is 4.57 Å². The van der Waals surface area contributed by atoms with E-state index in [0.29, 0.717) is 6.54 Å². The van der Waals surface area contributed by atoms with Crippen LogP contribution in [-0.4, -0.2) is 5.78 Å². The number of aryl methyl sites for hydroxylation is 1. The Kier molecular flexibility index (Phi) is 3.13. The molecular formula is C16H14NOS+.